The van der Waals surface area contributed by atoms with Crippen LogP contribution in [0.15, 0.2) is 18.2 Å². The van der Waals surface area contributed by atoms with E-state index in [1.54, 1.807) is 6.07 Å². The monoisotopic (exact) mass is 306 g/mol. The molecule has 0 aliphatic carbocycles. The van der Waals surface area contributed by atoms with Crippen LogP contribution in [0.1, 0.15) is 62.8 Å². The molecule has 0 bridgehead atoms. The maximum absolute atomic E-state index is 6.38. The van der Waals surface area contributed by atoms with Crippen LogP contribution in [0.2, 0.25) is 10.0 Å². The van der Waals surface area contributed by atoms with Gasteiger partial charge in [0.25, 0.3) is 0 Å². The van der Waals surface area contributed by atoms with Crippen LogP contribution in [0.25, 0.3) is 0 Å². The molecule has 0 radical (unpaired) electrons. The summed E-state index contributed by atoms with van der Waals surface area (Å²) in [5, 5.41) is 1.33. The smallest absolute Gasteiger partial charge is 0.0599 e. The Bertz CT molecular complexity index is 350. The van der Waals surface area contributed by atoms with Crippen molar-refractivity contribution in [3.63, 3.8) is 0 Å². The fraction of sp³-hybridized carbons (Fsp3) is 0.600. The number of benzene rings is 1. The Labute approximate surface area is 126 Å². The van der Waals surface area contributed by atoms with E-state index in [2.05, 4.69) is 6.92 Å². The molecule has 0 amide bonds. The van der Waals surface area contributed by atoms with E-state index in [4.69, 9.17) is 34.8 Å². The minimum Gasteiger partial charge on any atom is -0.118 e. The summed E-state index contributed by atoms with van der Waals surface area (Å²) in [6.07, 6.45) is 8.68. The Hall–Kier alpha value is 0.0900. The van der Waals surface area contributed by atoms with Crippen molar-refractivity contribution < 1.29 is 0 Å². The van der Waals surface area contributed by atoms with E-state index in [-0.39, 0.29) is 5.38 Å². The van der Waals surface area contributed by atoms with Crippen molar-refractivity contribution in [2.75, 3.05) is 0 Å². The van der Waals surface area contributed by atoms with Gasteiger partial charge in [-0.2, -0.15) is 0 Å². The van der Waals surface area contributed by atoms with Crippen molar-refractivity contribution in [1.82, 2.24) is 0 Å². The van der Waals surface area contributed by atoms with Crippen molar-refractivity contribution in [1.29, 1.82) is 0 Å². The molecule has 0 nitrogen and oxygen atoms in total. The second-order valence-electron chi connectivity index (χ2n) is 4.69. The highest BCUT2D eigenvalue weighted by molar-refractivity contribution is 6.35. The largest absolute Gasteiger partial charge is 0.118 e. The lowest BCUT2D eigenvalue weighted by Gasteiger charge is -2.11. The lowest BCUT2D eigenvalue weighted by molar-refractivity contribution is 0.585. The van der Waals surface area contributed by atoms with Gasteiger partial charge >= 0.3 is 0 Å². The van der Waals surface area contributed by atoms with Gasteiger partial charge in [-0.05, 0) is 24.1 Å². The Morgan fingerprint density at radius 3 is 2.33 bits per heavy atom. The molecule has 0 aromatic heterocycles. The van der Waals surface area contributed by atoms with E-state index >= 15 is 0 Å². The quantitative estimate of drug-likeness (QED) is 0.357. The van der Waals surface area contributed by atoms with Gasteiger partial charge in [0, 0.05) is 10.0 Å². The van der Waals surface area contributed by atoms with E-state index in [1.165, 1.54) is 32.1 Å². The summed E-state index contributed by atoms with van der Waals surface area (Å²) in [4.78, 5) is 0. The number of hydrogen-bond acceptors (Lipinski definition) is 0. The first kappa shape index (κ1) is 16.1. The summed E-state index contributed by atoms with van der Waals surface area (Å²) in [7, 11) is 0. The first-order chi connectivity index (χ1) is 8.65. The van der Waals surface area contributed by atoms with Gasteiger partial charge in [-0.3, -0.25) is 0 Å². The maximum atomic E-state index is 6.38. The second kappa shape index (κ2) is 9.07. The van der Waals surface area contributed by atoms with Gasteiger partial charge in [-0.25, -0.2) is 0 Å². The average Bonchev–Trinajstić information content (AvgIpc) is 2.33. The van der Waals surface area contributed by atoms with Crippen LogP contribution in [-0.2, 0) is 0 Å². The summed E-state index contributed by atoms with van der Waals surface area (Å²) < 4.78 is 0. The molecule has 1 rings (SSSR count). The zero-order valence-electron chi connectivity index (χ0n) is 10.9. The lowest BCUT2D eigenvalue weighted by Crippen LogP contribution is -1.92. The molecule has 1 atom stereocenters. The molecule has 0 spiro atoms. The molecule has 0 aliphatic heterocycles. The first-order valence-corrected chi connectivity index (χ1v) is 7.93. The molecule has 3 heteroatoms. The molecule has 0 saturated heterocycles. The predicted molar refractivity (Wildman–Crippen MR) is 83.0 cm³/mol. The number of halogens is 3. The number of alkyl halides is 1. The molecular formula is C15H21Cl3. The molecule has 0 saturated carbocycles. The standard InChI is InChI=1S/C15H21Cl3/c1-2-3-4-5-6-7-8-14(17)13-10-9-12(16)11-15(13)18/h9-11,14H,2-8H2,1H3. The topological polar surface area (TPSA) is 0 Å². The van der Waals surface area contributed by atoms with Gasteiger partial charge in [0.1, 0.15) is 0 Å². The molecule has 1 aromatic rings. The van der Waals surface area contributed by atoms with Gasteiger partial charge in [-0.1, -0.05) is 74.7 Å². The Balaban J connectivity index is 2.29. The third-order valence-corrected chi connectivity index (χ3v) is 4.13. The second-order valence-corrected chi connectivity index (χ2v) is 6.06. The van der Waals surface area contributed by atoms with Crippen LogP contribution in [-0.4, -0.2) is 0 Å². The highest BCUT2D eigenvalue weighted by atomic mass is 35.5. The van der Waals surface area contributed by atoms with Gasteiger partial charge in [0.15, 0.2) is 0 Å². The zero-order valence-corrected chi connectivity index (χ0v) is 13.2. The Kier molecular flexibility index (Phi) is 8.13. The van der Waals surface area contributed by atoms with Gasteiger partial charge in [-0.15, -0.1) is 11.6 Å². The van der Waals surface area contributed by atoms with Crippen LogP contribution in [0.5, 0.6) is 0 Å². The minimum absolute atomic E-state index is 0.000872. The van der Waals surface area contributed by atoms with Crippen molar-refractivity contribution >= 4 is 34.8 Å². The molecule has 0 fully saturated rings. The highest BCUT2D eigenvalue weighted by Crippen LogP contribution is 2.33. The van der Waals surface area contributed by atoms with Crippen molar-refractivity contribution in [3.8, 4) is 0 Å². The van der Waals surface area contributed by atoms with Crippen LogP contribution < -0.4 is 0 Å². The van der Waals surface area contributed by atoms with Crippen molar-refractivity contribution in [2.24, 2.45) is 0 Å². The van der Waals surface area contributed by atoms with E-state index in [1.807, 2.05) is 12.1 Å². The number of rotatable bonds is 8. The Morgan fingerprint density at radius 2 is 1.67 bits per heavy atom. The number of unbranched alkanes of at least 4 members (excludes halogenated alkanes) is 5. The summed E-state index contributed by atoms with van der Waals surface area (Å²) in [6.45, 7) is 2.23. The first-order valence-electron chi connectivity index (χ1n) is 6.74. The zero-order chi connectivity index (χ0) is 13.4. The van der Waals surface area contributed by atoms with Gasteiger partial charge in [0.2, 0.25) is 0 Å². The highest BCUT2D eigenvalue weighted by Gasteiger charge is 2.11. The fourth-order valence-electron chi connectivity index (χ4n) is 2.01. The fourth-order valence-corrected chi connectivity index (χ4v) is 2.96. The normalized spacial score (nSPS) is 12.7. The number of hydrogen-bond donors (Lipinski definition) is 0. The van der Waals surface area contributed by atoms with Gasteiger partial charge in [0.05, 0.1) is 5.38 Å². The third-order valence-electron chi connectivity index (χ3n) is 3.11. The third kappa shape index (κ3) is 5.82. The summed E-state index contributed by atoms with van der Waals surface area (Å²) in [5.74, 6) is 0. The molecule has 0 aliphatic rings. The van der Waals surface area contributed by atoms with Crippen LogP contribution >= 0.6 is 34.8 Å². The molecule has 102 valence electrons. The molecule has 1 unspecified atom stereocenters. The lowest BCUT2D eigenvalue weighted by atomic mass is 10.0. The Morgan fingerprint density at radius 1 is 1.00 bits per heavy atom. The van der Waals surface area contributed by atoms with E-state index in [0.717, 1.165) is 18.4 Å². The molecule has 0 heterocycles. The minimum atomic E-state index is 0.000872. The van der Waals surface area contributed by atoms with E-state index in [9.17, 15) is 0 Å². The SMILES string of the molecule is CCCCCCCCC(Cl)c1ccc(Cl)cc1Cl. The van der Waals surface area contributed by atoms with Crippen LogP contribution in [0.3, 0.4) is 0 Å². The van der Waals surface area contributed by atoms with E-state index in [0.29, 0.717) is 10.0 Å². The van der Waals surface area contributed by atoms with Crippen LogP contribution in [0, 0.1) is 0 Å². The summed E-state index contributed by atoms with van der Waals surface area (Å²) in [6, 6.07) is 5.54. The van der Waals surface area contributed by atoms with Crippen molar-refractivity contribution in [2.45, 2.75) is 57.2 Å². The summed E-state index contributed by atoms with van der Waals surface area (Å²) in [5.41, 5.74) is 0.997. The van der Waals surface area contributed by atoms with Crippen molar-refractivity contribution in [3.05, 3.63) is 33.8 Å². The van der Waals surface area contributed by atoms with E-state index < -0.39 is 0 Å². The molecule has 1 aromatic carbocycles. The average molecular weight is 308 g/mol. The predicted octanol–water partition coefficient (Wildman–Crippen LogP) is 7.02. The molecular weight excluding hydrogens is 287 g/mol. The van der Waals surface area contributed by atoms with Crippen LogP contribution in [0.4, 0.5) is 0 Å². The van der Waals surface area contributed by atoms with Gasteiger partial charge < -0.3 is 0 Å². The molecule has 18 heavy (non-hydrogen) atoms. The molecule has 0 N–H and O–H groups in total. The maximum Gasteiger partial charge on any atom is 0.0599 e. The summed E-state index contributed by atoms with van der Waals surface area (Å²) >= 11 is 18.4.